The normalized spacial score (nSPS) is 11.7. The number of nitro benzene ring substituents is 1. The van der Waals surface area contributed by atoms with Crippen molar-refractivity contribution in [2.75, 3.05) is 5.32 Å². The van der Waals surface area contributed by atoms with Gasteiger partial charge in [-0.2, -0.15) is 5.26 Å². The maximum absolute atomic E-state index is 11.9. The van der Waals surface area contributed by atoms with E-state index >= 15 is 0 Å². The summed E-state index contributed by atoms with van der Waals surface area (Å²) < 4.78 is 0.520. The van der Waals surface area contributed by atoms with Gasteiger partial charge in [0.2, 0.25) is 5.91 Å². The number of nitriles is 1. The van der Waals surface area contributed by atoms with E-state index in [1.165, 1.54) is 18.2 Å². The Morgan fingerprint density at radius 1 is 1.53 bits per heavy atom. The van der Waals surface area contributed by atoms with Crippen molar-refractivity contribution >= 4 is 33.2 Å². The summed E-state index contributed by atoms with van der Waals surface area (Å²) in [6, 6.07) is 5.96. The van der Waals surface area contributed by atoms with Crippen molar-refractivity contribution in [3.05, 3.63) is 32.8 Å². The molecule has 0 aromatic heterocycles. The number of carbonyl (C=O) groups excluding carboxylic acids is 1. The fourth-order valence-electron chi connectivity index (χ4n) is 1.44. The molecule has 0 saturated heterocycles. The van der Waals surface area contributed by atoms with Crippen molar-refractivity contribution in [1.29, 1.82) is 5.26 Å². The lowest BCUT2D eigenvalue weighted by Crippen LogP contribution is -2.25. The Bertz CT molecular complexity index is 552. The number of anilines is 1. The molecule has 19 heavy (non-hydrogen) atoms. The molecule has 1 rings (SSSR count). The number of rotatable bonds is 4. The zero-order chi connectivity index (χ0) is 14.6. The summed E-state index contributed by atoms with van der Waals surface area (Å²) in [5.41, 5.74) is 0.150. The lowest BCUT2D eigenvalue weighted by atomic mass is 9.96. The molecule has 1 unspecified atom stereocenters. The van der Waals surface area contributed by atoms with Crippen LogP contribution in [0.4, 0.5) is 11.4 Å². The van der Waals surface area contributed by atoms with Crippen LogP contribution in [0.5, 0.6) is 0 Å². The molecule has 0 aliphatic heterocycles. The Kier molecular flexibility index (Phi) is 5.01. The van der Waals surface area contributed by atoms with Crippen LogP contribution in [-0.4, -0.2) is 10.8 Å². The average molecular weight is 326 g/mol. The van der Waals surface area contributed by atoms with Crippen LogP contribution < -0.4 is 5.32 Å². The molecule has 0 heterocycles. The lowest BCUT2D eigenvalue weighted by molar-refractivity contribution is -0.384. The van der Waals surface area contributed by atoms with Gasteiger partial charge in [0, 0.05) is 16.6 Å². The molecule has 100 valence electrons. The molecule has 1 aromatic rings. The fraction of sp³-hybridized carbons (Fsp3) is 0.333. The first kappa shape index (κ1) is 15.1. The van der Waals surface area contributed by atoms with Crippen LogP contribution >= 0.6 is 15.9 Å². The van der Waals surface area contributed by atoms with Gasteiger partial charge in [-0.1, -0.05) is 13.8 Å². The van der Waals surface area contributed by atoms with Gasteiger partial charge in [-0.05, 0) is 27.9 Å². The summed E-state index contributed by atoms with van der Waals surface area (Å²) >= 11 is 3.20. The van der Waals surface area contributed by atoms with Crippen molar-refractivity contribution in [2.45, 2.75) is 13.8 Å². The second kappa shape index (κ2) is 6.29. The van der Waals surface area contributed by atoms with E-state index in [-0.39, 0.29) is 17.3 Å². The summed E-state index contributed by atoms with van der Waals surface area (Å²) in [7, 11) is 0. The summed E-state index contributed by atoms with van der Waals surface area (Å²) in [5, 5.41) is 22.1. The fourth-order valence-corrected chi connectivity index (χ4v) is 1.79. The second-order valence-electron chi connectivity index (χ2n) is 4.26. The number of hydrogen-bond donors (Lipinski definition) is 1. The Balaban J connectivity index is 2.99. The number of carbonyl (C=O) groups is 1. The molecule has 0 radical (unpaired) electrons. The van der Waals surface area contributed by atoms with E-state index in [1.54, 1.807) is 13.8 Å². The molecule has 1 amide bonds. The number of non-ortho nitro benzene ring substituents is 1. The van der Waals surface area contributed by atoms with Crippen molar-refractivity contribution in [1.82, 2.24) is 0 Å². The highest BCUT2D eigenvalue weighted by molar-refractivity contribution is 9.10. The van der Waals surface area contributed by atoms with E-state index < -0.39 is 16.7 Å². The number of amides is 1. The van der Waals surface area contributed by atoms with E-state index in [1.807, 2.05) is 6.07 Å². The van der Waals surface area contributed by atoms with E-state index in [0.29, 0.717) is 4.47 Å². The topological polar surface area (TPSA) is 96.0 Å². The number of nitrogens with zero attached hydrogens (tertiary/aromatic N) is 2. The van der Waals surface area contributed by atoms with Gasteiger partial charge in [0.25, 0.3) is 5.69 Å². The van der Waals surface area contributed by atoms with E-state index in [4.69, 9.17) is 5.26 Å². The lowest BCUT2D eigenvalue weighted by Gasteiger charge is -2.13. The predicted molar refractivity (Wildman–Crippen MR) is 73.4 cm³/mol. The largest absolute Gasteiger partial charge is 0.324 e. The maximum atomic E-state index is 11.9. The van der Waals surface area contributed by atoms with Crippen LogP contribution in [0.2, 0.25) is 0 Å². The van der Waals surface area contributed by atoms with E-state index in [2.05, 4.69) is 21.2 Å². The summed E-state index contributed by atoms with van der Waals surface area (Å²) in [6.45, 7) is 3.52. The van der Waals surface area contributed by atoms with Crippen molar-refractivity contribution in [2.24, 2.45) is 11.8 Å². The van der Waals surface area contributed by atoms with Crippen LogP contribution in [0.25, 0.3) is 0 Å². The SMILES string of the molecule is CC(C)C(C#N)C(=O)Nc1cc([N+](=O)[O-])ccc1Br. The smallest absolute Gasteiger partial charge is 0.271 e. The zero-order valence-electron chi connectivity index (χ0n) is 10.4. The van der Waals surface area contributed by atoms with E-state index in [0.717, 1.165) is 0 Å². The van der Waals surface area contributed by atoms with Gasteiger partial charge in [0.15, 0.2) is 0 Å². The van der Waals surface area contributed by atoms with Crippen molar-refractivity contribution in [3.63, 3.8) is 0 Å². The third kappa shape index (κ3) is 3.76. The van der Waals surface area contributed by atoms with Gasteiger partial charge in [-0.25, -0.2) is 0 Å². The van der Waals surface area contributed by atoms with Gasteiger partial charge < -0.3 is 5.32 Å². The Labute approximate surface area is 118 Å². The van der Waals surface area contributed by atoms with Crippen LogP contribution in [-0.2, 0) is 4.79 Å². The first-order valence-corrected chi connectivity index (χ1v) is 6.30. The minimum Gasteiger partial charge on any atom is -0.324 e. The zero-order valence-corrected chi connectivity index (χ0v) is 12.0. The highest BCUT2D eigenvalue weighted by Crippen LogP contribution is 2.28. The molecule has 7 heteroatoms. The molecule has 0 saturated carbocycles. The third-order valence-electron chi connectivity index (χ3n) is 2.51. The summed E-state index contributed by atoms with van der Waals surface area (Å²) in [4.78, 5) is 22.0. The van der Waals surface area contributed by atoms with Crippen molar-refractivity contribution < 1.29 is 9.72 Å². The van der Waals surface area contributed by atoms with Gasteiger partial charge in [-0.3, -0.25) is 14.9 Å². The number of hydrogen-bond acceptors (Lipinski definition) is 4. The predicted octanol–water partition coefficient (Wildman–Crippen LogP) is 3.09. The molecular weight excluding hydrogens is 314 g/mol. The van der Waals surface area contributed by atoms with Crippen LogP contribution in [0.1, 0.15) is 13.8 Å². The van der Waals surface area contributed by atoms with Gasteiger partial charge in [0.1, 0.15) is 5.92 Å². The molecular formula is C12H12BrN3O3. The van der Waals surface area contributed by atoms with E-state index in [9.17, 15) is 14.9 Å². The molecule has 1 aromatic carbocycles. The van der Waals surface area contributed by atoms with Gasteiger partial charge >= 0.3 is 0 Å². The quantitative estimate of drug-likeness (QED) is 0.679. The number of halogens is 1. The highest BCUT2D eigenvalue weighted by Gasteiger charge is 2.23. The average Bonchev–Trinajstić information content (AvgIpc) is 2.31. The number of benzene rings is 1. The molecule has 1 atom stereocenters. The van der Waals surface area contributed by atoms with Crippen LogP contribution in [0, 0.1) is 33.3 Å². The molecule has 1 N–H and O–H groups in total. The molecule has 0 fully saturated rings. The Morgan fingerprint density at radius 2 is 2.16 bits per heavy atom. The Hall–Kier alpha value is -1.94. The highest BCUT2D eigenvalue weighted by atomic mass is 79.9. The number of nitrogens with one attached hydrogen (secondary N) is 1. The summed E-state index contributed by atoms with van der Waals surface area (Å²) in [6.07, 6.45) is 0. The molecule has 0 bridgehead atoms. The first-order valence-electron chi connectivity index (χ1n) is 5.51. The second-order valence-corrected chi connectivity index (χ2v) is 5.12. The minimum atomic E-state index is -0.800. The van der Waals surface area contributed by atoms with Gasteiger partial charge in [-0.15, -0.1) is 0 Å². The molecule has 0 aliphatic rings. The molecule has 6 nitrogen and oxygen atoms in total. The standard InChI is InChI=1S/C12H12BrN3O3/c1-7(2)9(6-14)12(17)15-11-5-8(16(18)19)3-4-10(11)13/h3-5,7,9H,1-2H3,(H,15,17). The molecule has 0 aliphatic carbocycles. The Morgan fingerprint density at radius 3 is 2.63 bits per heavy atom. The van der Waals surface area contributed by atoms with Crippen LogP contribution in [0.15, 0.2) is 22.7 Å². The molecule has 0 spiro atoms. The van der Waals surface area contributed by atoms with Crippen LogP contribution in [0.3, 0.4) is 0 Å². The van der Waals surface area contributed by atoms with Crippen molar-refractivity contribution in [3.8, 4) is 6.07 Å². The number of nitro groups is 1. The summed E-state index contributed by atoms with van der Waals surface area (Å²) in [5.74, 6) is -1.41. The third-order valence-corrected chi connectivity index (χ3v) is 3.20. The van der Waals surface area contributed by atoms with Gasteiger partial charge in [0.05, 0.1) is 16.7 Å². The minimum absolute atomic E-state index is 0.128. The monoisotopic (exact) mass is 325 g/mol. The maximum Gasteiger partial charge on any atom is 0.271 e. The first-order chi connectivity index (χ1) is 8.86.